The first-order valence-corrected chi connectivity index (χ1v) is 6.66. The van der Waals surface area contributed by atoms with E-state index in [4.69, 9.17) is 22.2 Å². The minimum Gasteiger partial charge on any atom is -0.496 e. The molecule has 2 rings (SSSR count). The summed E-state index contributed by atoms with van der Waals surface area (Å²) in [4.78, 5) is 0. The number of benzene rings is 2. The first-order valence-electron chi connectivity index (χ1n) is 6.28. The molecule has 0 heterocycles. The Morgan fingerprint density at radius 1 is 1.19 bits per heavy atom. The molecule has 0 saturated heterocycles. The van der Waals surface area contributed by atoms with Crippen molar-refractivity contribution in [2.24, 2.45) is 5.84 Å². The number of ether oxygens (including phenoxy) is 1. The maximum atomic E-state index is 13.2. The highest BCUT2D eigenvalue weighted by atomic mass is 35.5. The van der Waals surface area contributed by atoms with Crippen LogP contribution in [0.5, 0.6) is 5.75 Å². The molecule has 0 amide bonds. The molecule has 0 aromatic heterocycles. The van der Waals surface area contributed by atoms with Crippen molar-refractivity contribution in [3.63, 3.8) is 0 Å². The predicted octanol–water partition coefficient (Wildman–Crippen LogP) is 3.37. The summed E-state index contributed by atoms with van der Waals surface area (Å²) in [6, 6.07) is 8.14. The van der Waals surface area contributed by atoms with Crippen LogP contribution >= 0.6 is 11.6 Å². The molecule has 0 aliphatic carbocycles. The van der Waals surface area contributed by atoms with Gasteiger partial charge in [0.05, 0.1) is 13.2 Å². The van der Waals surface area contributed by atoms with Gasteiger partial charge in [-0.25, -0.2) is 8.78 Å². The summed E-state index contributed by atoms with van der Waals surface area (Å²) in [5.41, 5.74) is 3.88. The Hall–Kier alpha value is -1.69. The van der Waals surface area contributed by atoms with Gasteiger partial charge in [0.2, 0.25) is 0 Å². The van der Waals surface area contributed by atoms with Crippen molar-refractivity contribution in [2.75, 3.05) is 7.11 Å². The van der Waals surface area contributed by atoms with E-state index in [9.17, 15) is 8.78 Å². The summed E-state index contributed by atoms with van der Waals surface area (Å²) < 4.78 is 31.8. The SMILES string of the molecule is COc1cc(Cl)ccc1C(Cc1cc(F)cc(F)c1)NN. The lowest BCUT2D eigenvalue weighted by atomic mass is 9.98. The molecule has 6 heteroatoms. The van der Waals surface area contributed by atoms with Gasteiger partial charge in [-0.05, 0) is 36.2 Å². The van der Waals surface area contributed by atoms with Gasteiger partial charge in [-0.15, -0.1) is 0 Å². The molecule has 0 radical (unpaired) electrons. The van der Waals surface area contributed by atoms with E-state index in [2.05, 4.69) is 5.43 Å². The topological polar surface area (TPSA) is 47.3 Å². The van der Waals surface area contributed by atoms with Gasteiger partial charge >= 0.3 is 0 Å². The fourth-order valence-corrected chi connectivity index (χ4v) is 2.36. The van der Waals surface area contributed by atoms with Crippen LogP contribution in [0.4, 0.5) is 8.78 Å². The third-order valence-corrected chi connectivity index (χ3v) is 3.37. The number of nitrogens with two attached hydrogens (primary N) is 1. The highest BCUT2D eigenvalue weighted by Gasteiger charge is 2.16. The quantitative estimate of drug-likeness (QED) is 0.657. The number of halogens is 3. The number of nitrogens with one attached hydrogen (secondary N) is 1. The molecule has 3 nitrogen and oxygen atoms in total. The molecule has 2 aromatic carbocycles. The van der Waals surface area contributed by atoms with Gasteiger partial charge in [0.15, 0.2) is 0 Å². The molecular formula is C15H15ClF2N2O. The lowest BCUT2D eigenvalue weighted by molar-refractivity contribution is 0.399. The van der Waals surface area contributed by atoms with Crippen LogP contribution < -0.4 is 16.0 Å². The van der Waals surface area contributed by atoms with E-state index in [0.717, 1.165) is 11.6 Å². The zero-order chi connectivity index (χ0) is 15.4. The highest BCUT2D eigenvalue weighted by Crippen LogP contribution is 2.30. The molecule has 0 fully saturated rings. The van der Waals surface area contributed by atoms with Crippen LogP contribution in [0.3, 0.4) is 0 Å². The van der Waals surface area contributed by atoms with Crippen LogP contribution in [0.25, 0.3) is 0 Å². The molecular weight excluding hydrogens is 298 g/mol. The smallest absolute Gasteiger partial charge is 0.126 e. The lowest BCUT2D eigenvalue weighted by Crippen LogP contribution is -2.30. The second kappa shape index (κ2) is 6.85. The monoisotopic (exact) mass is 312 g/mol. The van der Waals surface area contributed by atoms with Gasteiger partial charge in [-0.2, -0.15) is 0 Å². The van der Waals surface area contributed by atoms with Gasteiger partial charge in [-0.3, -0.25) is 11.3 Å². The molecule has 0 aliphatic rings. The highest BCUT2D eigenvalue weighted by molar-refractivity contribution is 6.30. The second-order valence-electron chi connectivity index (χ2n) is 4.59. The van der Waals surface area contributed by atoms with Gasteiger partial charge < -0.3 is 4.74 Å². The Labute approximate surface area is 126 Å². The lowest BCUT2D eigenvalue weighted by Gasteiger charge is -2.19. The third kappa shape index (κ3) is 3.91. The van der Waals surface area contributed by atoms with Gasteiger partial charge in [0.1, 0.15) is 17.4 Å². The minimum absolute atomic E-state index is 0.309. The third-order valence-electron chi connectivity index (χ3n) is 3.13. The van der Waals surface area contributed by atoms with E-state index in [1.807, 2.05) is 0 Å². The van der Waals surface area contributed by atoms with Crippen molar-refractivity contribution >= 4 is 11.6 Å². The number of hydrazine groups is 1. The van der Waals surface area contributed by atoms with E-state index in [-0.39, 0.29) is 6.04 Å². The van der Waals surface area contributed by atoms with E-state index >= 15 is 0 Å². The molecule has 0 spiro atoms. The van der Waals surface area contributed by atoms with Gasteiger partial charge in [-0.1, -0.05) is 17.7 Å². The predicted molar refractivity (Wildman–Crippen MR) is 78.1 cm³/mol. The maximum Gasteiger partial charge on any atom is 0.126 e. The van der Waals surface area contributed by atoms with Crippen LogP contribution in [-0.4, -0.2) is 7.11 Å². The fraction of sp³-hybridized carbons (Fsp3) is 0.200. The van der Waals surface area contributed by atoms with Crippen molar-refractivity contribution in [1.82, 2.24) is 5.43 Å². The number of hydrogen-bond acceptors (Lipinski definition) is 3. The van der Waals surface area contributed by atoms with Crippen molar-refractivity contribution in [1.29, 1.82) is 0 Å². The van der Waals surface area contributed by atoms with Gasteiger partial charge in [0, 0.05) is 16.7 Å². The van der Waals surface area contributed by atoms with Crippen molar-refractivity contribution < 1.29 is 13.5 Å². The molecule has 1 unspecified atom stereocenters. The largest absolute Gasteiger partial charge is 0.496 e. The van der Waals surface area contributed by atoms with E-state index in [1.54, 1.807) is 18.2 Å². The average Bonchev–Trinajstić information content (AvgIpc) is 2.44. The zero-order valence-corrected chi connectivity index (χ0v) is 12.1. The molecule has 21 heavy (non-hydrogen) atoms. The first-order chi connectivity index (χ1) is 10.0. The molecule has 2 aromatic rings. The van der Waals surface area contributed by atoms with Crippen LogP contribution in [0.1, 0.15) is 17.2 Å². The Bertz CT molecular complexity index is 617. The molecule has 0 saturated carbocycles. The van der Waals surface area contributed by atoms with Crippen LogP contribution in [0, 0.1) is 11.6 Å². The summed E-state index contributed by atoms with van der Waals surface area (Å²) in [6.45, 7) is 0. The van der Waals surface area contributed by atoms with Crippen LogP contribution in [0.2, 0.25) is 5.02 Å². The molecule has 112 valence electrons. The Kier molecular flexibility index (Phi) is 5.12. The average molecular weight is 313 g/mol. The van der Waals surface area contributed by atoms with E-state index in [1.165, 1.54) is 19.2 Å². The summed E-state index contributed by atoms with van der Waals surface area (Å²) in [5.74, 6) is 4.88. The Morgan fingerprint density at radius 3 is 2.43 bits per heavy atom. The minimum atomic E-state index is -0.621. The fourth-order valence-electron chi connectivity index (χ4n) is 2.20. The Morgan fingerprint density at radius 2 is 1.86 bits per heavy atom. The zero-order valence-electron chi connectivity index (χ0n) is 11.4. The second-order valence-corrected chi connectivity index (χ2v) is 5.02. The van der Waals surface area contributed by atoms with Crippen LogP contribution in [0.15, 0.2) is 36.4 Å². The first kappa shape index (κ1) is 15.7. The van der Waals surface area contributed by atoms with Crippen molar-refractivity contribution in [3.8, 4) is 5.75 Å². The van der Waals surface area contributed by atoms with E-state index in [0.29, 0.717) is 22.8 Å². The maximum absolute atomic E-state index is 13.2. The Balaban J connectivity index is 2.31. The molecule has 3 N–H and O–H groups in total. The van der Waals surface area contributed by atoms with Gasteiger partial charge in [0.25, 0.3) is 0 Å². The number of rotatable bonds is 5. The number of methoxy groups -OCH3 is 1. The standard InChI is InChI=1S/C15H15ClF2N2O/c1-21-15-7-10(16)2-3-13(15)14(20-19)6-9-4-11(17)8-12(18)5-9/h2-5,7-8,14,20H,6,19H2,1H3. The molecule has 0 bridgehead atoms. The van der Waals surface area contributed by atoms with Crippen LogP contribution in [-0.2, 0) is 6.42 Å². The van der Waals surface area contributed by atoms with Crippen molar-refractivity contribution in [3.05, 3.63) is 64.2 Å². The molecule has 1 atom stereocenters. The summed E-state index contributed by atoms with van der Waals surface area (Å²) >= 11 is 5.91. The van der Waals surface area contributed by atoms with E-state index < -0.39 is 11.6 Å². The molecule has 0 aliphatic heterocycles. The van der Waals surface area contributed by atoms with Crippen molar-refractivity contribution in [2.45, 2.75) is 12.5 Å². The summed E-state index contributed by atoms with van der Waals surface area (Å²) in [7, 11) is 1.52. The summed E-state index contributed by atoms with van der Waals surface area (Å²) in [6.07, 6.45) is 0.309. The normalized spacial score (nSPS) is 12.2. The number of hydrogen-bond donors (Lipinski definition) is 2. The summed E-state index contributed by atoms with van der Waals surface area (Å²) in [5, 5.41) is 0.531.